The molecule has 0 radical (unpaired) electrons. The summed E-state index contributed by atoms with van der Waals surface area (Å²) in [5, 5.41) is 17.0. The molecule has 2 aliphatic rings. The van der Waals surface area contributed by atoms with Gasteiger partial charge in [0.2, 0.25) is 0 Å². The monoisotopic (exact) mass is 538 g/mol. The second-order valence-electron chi connectivity index (χ2n) is 10.2. The lowest BCUT2D eigenvalue weighted by Crippen LogP contribution is -2.49. The van der Waals surface area contributed by atoms with Crippen molar-refractivity contribution in [3.05, 3.63) is 93.3 Å². The molecular formula is C30H27FN6O3. The number of H-pyrrole nitrogens is 1. The summed E-state index contributed by atoms with van der Waals surface area (Å²) in [6.07, 6.45) is 5.22. The van der Waals surface area contributed by atoms with E-state index < -0.39 is 5.82 Å². The average molecular weight is 539 g/mol. The summed E-state index contributed by atoms with van der Waals surface area (Å²) in [7, 11) is 0. The molecule has 1 saturated heterocycles. The number of nitrogens with zero attached hydrogens (tertiary/aromatic N) is 5. The van der Waals surface area contributed by atoms with Crippen molar-refractivity contribution in [3.8, 4) is 11.8 Å². The number of hydrogen-bond donors (Lipinski definition) is 1. The minimum absolute atomic E-state index is 0.00480. The van der Waals surface area contributed by atoms with Gasteiger partial charge < -0.3 is 14.5 Å². The highest BCUT2D eigenvalue weighted by atomic mass is 19.1. The van der Waals surface area contributed by atoms with Crippen LogP contribution in [0.15, 0.2) is 59.5 Å². The molecular weight excluding hydrogens is 511 g/mol. The molecule has 1 aliphatic carbocycles. The number of carbonyl (C=O) groups is 1. The summed E-state index contributed by atoms with van der Waals surface area (Å²) in [6, 6.07) is 15.4. The SMILES string of the molecule is N#Cc1ccc(N2CCN(C(=O)c3cc(Cc4n[nH]c(=O)c5ccc(OC6CCC6)cc45)ccc3F)CC2)nc1. The summed E-state index contributed by atoms with van der Waals surface area (Å²) in [5.74, 6) is 0.472. The van der Waals surface area contributed by atoms with Gasteiger partial charge >= 0.3 is 0 Å². The number of amides is 1. The van der Waals surface area contributed by atoms with Gasteiger partial charge in [0.15, 0.2) is 0 Å². The van der Waals surface area contributed by atoms with E-state index in [-0.39, 0.29) is 23.1 Å². The third-order valence-corrected chi connectivity index (χ3v) is 7.59. The van der Waals surface area contributed by atoms with Gasteiger partial charge in [-0.15, -0.1) is 0 Å². The zero-order chi connectivity index (χ0) is 27.6. The maximum Gasteiger partial charge on any atom is 0.272 e. The zero-order valence-corrected chi connectivity index (χ0v) is 21.8. The number of aromatic nitrogens is 3. The predicted molar refractivity (Wildman–Crippen MR) is 147 cm³/mol. The van der Waals surface area contributed by atoms with E-state index in [1.54, 1.807) is 41.3 Å². The molecule has 6 rings (SSSR count). The summed E-state index contributed by atoms with van der Waals surface area (Å²) in [4.78, 5) is 33.7. The first-order chi connectivity index (χ1) is 19.5. The van der Waals surface area contributed by atoms with Gasteiger partial charge in [-0.1, -0.05) is 6.07 Å². The Kier molecular flexibility index (Phi) is 6.86. The topological polar surface area (TPSA) is 115 Å². The Morgan fingerprint density at radius 1 is 1.07 bits per heavy atom. The fourth-order valence-corrected chi connectivity index (χ4v) is 5.08. The number of pyridine rings is 1. The Bertz CT molecular complexity index is 1670. The van der Waals surface area contributed by atoms with Crippen molar-refractivity contribution < 1.29 is 13.9 Å². The van der Waals surface area contributed by atoms with Crippen LogP contribution in [0.4, 0.5) is 10.2 Å². The molecule has 202 valence electrons. The van der Waals surface area contributed by atoms with Crippen LogP contribution in [0.2, 0.25) is 0 Å². The predicted octanol–water partition coefficient (Wildman–Crippen LogP) is 3.81. The number of ether oxygens (including phenoxy) is 1. The maximum absolute atomic E-state index is 14.9. The molecule has 1 amide bonds. The van der Waals surface area contributed by atoms with Crippen LogP contribution in [0, 0.1) is 17.1 Å². The molecule has 0 bridgehead atoms. The number of nitrogens with one attached hydrogen (secondary N) is 1. The van der Waals surface area contributed by atoms with E-state index in [0.717, 1.165) is 25.1 Å². The van der Waals surface area contributed by atoms with Crippen LogP contribution in [-0.4, -0.2) is 58.3 Å². The molecule has 2 fully saturated rings. The molecule has 1 saturated carbocycles. The number of fused-ring (bicyclic) bond motifs is 1. The highest BCUT2D eigenvalue weighted by Crippen LogP contribution is 2.28. The van der Waals surface area contributed by atoms with Gasteiger partial charge in [-0.3, -0.25) is 9.59 Å². The third-order valence-electron chi connectivity index (χ3n) is 7.59. The standard InChI is InChI=1S/C30H27FN6O3/c31-26-8-4-19(15-27-24-16-22(40-21-2-1-3-21)6-7-23(24)29(38)35-34-27)14-25(26)30(39)37-12-10-36(11-13-37)28-9-5-20(17-32)18-33-28/h4-9,14,16,18,21H,1-3,10-13,15H2,(H,35,38). The van der Waals surface area contributed by atoms with E-state index in [9.17, 15) is 14.0 Å². The maximum atomic E-state index is 14.9. The largest absolute Gasteiger partial charge is 0.490 e. The van der Waals surface area contributed by atoms with Crippen molar-refractivity contribution in [3.63, 3.8) is 0 Å². The Hall–Kier alpha value is -4.78. The Morgan fingerprint density at radius 3 is 2.60 bits per heavy atom. The van der Waals surface area contributed by atoms with E-state index in [1.807, 2.05) is 11.0 Å². The quantitative estimate of drug-likeness (QED) is 0.397. The Morgan fingerprint density at radius 2 is 1.90 bits per heavy atom. The molecule has 0 atom stereocenters. The number of hydrogen-bond acceptors (Lipinski definition) is 7. The summed E-state index contributed by atoms with van der Waals surface area (Å²) in [5.41, 5.74) is 1.52. The fraction of sp³-hybridized carbons (Fsp3) is 0.300. The highest BCUT2D eigenvalue weighted by Gasteiger charge is 2.25. The van der Waals surface area contributed by atoms with Crippen molar-refractivity contribution in [2.45, 2.75) is 31.8 Å². The molecule has 0 unspecified atom stereocenters. The van der Waals surface area contributed by atoms with Gasteiger partial charge in [-0.25, -0.2) is 14.5 Å². The number of aromatic amines is 1. The fourth-order valence-electron chi connectivity index (χ4n) is 5.08. The summed E-state index contributed by atoms with van der Waals surface area (Å²) >= 11 is 0. The van der Waals surface area contributed by atoms with Crippen LogP contribution in [0.3, 0.4) is 0 Å². The molecule has 2 aromatic heterocycles. The van der Waals surface area contributed by atoms with Crippen molar-refractivity contribution in [1.82, 2.24) is 20.1 Å². The van der Waals surface area contributed by atoms with Crippen LogP contribution >= 0.6 is 0 Å². The molecule has 1 N–H and O–H groups in total. The van der Waals surface area contributed by atoms with Gasteiger partial charge in [-0.2, -0.15) is 10.4 Å². The molecule has 2 aromatic carbocycles. The average Bonchev–Trinajstić information content (AvgIpc) is 2.97. The van der Waals surface area contributed by atoms with Gasteiger partial charge in [0.1, 0.15) is 23.5 Å². The van der Waals surface area contributed by atoms with E-state index in [1.165, 1.54) is 12.3 Å². The van der Waals surface area contributed by atoms with Crippen LogP contribution in [0.1, 0.15) is 46.4 Å². The number of piperazine rings is 1. The van der Waals surface area contributed by atoms with Crippen LogP contribution in [0.25, 0.3) is 10.8 Å². The van der Waals surface area contributed by atoms with Gasteiger partial charge in [0.25, 0.3) is 11.5 Å². The molecule has 0 spiro atoms. The van der Waals surface area contributed by atoms with Crippen molar-refractivity contribution in [2.75, 3.05) is 31.1 Å². The number of anilines is 1. The van der Waals surface area contributed by atoms with Crippen molar-refractivity contribution >= 4 is 22.5 Å². The lowest BCUT2D eigenvalue weighted by molar-refractivity contribution is 0.0741. The van der Waals surface area contributed by atoms with Crippen LogP contribution in [0.5, 0.6) is 5.75 Å². The molecule has 9 nitrogen and oxygen atoms in total. The smallest absolute Gasteiger partial charge is 0.272 e. The number of halogens is 1. The van der Waals surface area contributed by atoms with E-state index >= 15 is 0 Å². The number of carbonyl (C=O) groups excluding carboxylic acids is 1. The van der Waals surface area contributed by atoms with E-state index in [4.69, 9.17) is 10.00 Å². The molecule has 40 heavy (non-hydrogen) atoms. The number of nitriles is 1. The normalized spacial score (nSPS) is 15.5. The van der Waals surface area contributed by atoms with Crippen molar-refractivity contribution in [1.29, 1.82) is 5.26 Å². The van der Waals surface area contributed by atoms with Gasteiger partial charge in [0, 0.05) is 44.2 Å². The highest BCUT2D eigenvalue weighted by molar-refractivity contribution is 5.95. The van der Waals surface area contributed by atoms with Crippen molar-refractivity contribution in [2.24, 2.45) is 0 Å². The molecule has 1 aliphatic heterocycles. The van der Waals surface area contributed by atoms with Crippen LogP contribution < -0.4 is 15.2 Å². The molecule has 4 aromatic rings. The number of benzene rings is 2. The first-order valence-corrected chi connectivity index (χ1v) is 13.4. The first kappa shape index (κ1) is 25.5. The van der Waals surface area contributed by atoms with E-state index in [0.29, 0.717) is 65.9 Å². The van der Waals surface area contributed by atoms with Gasteiger partial charge in [0.05, 0.1) is 28.3 Å². The lowest BCUT2D eigenvalue weighted by Gasteiger charge is -2.35. The van der Waals surface area contributed by atoms with Crippen LogP contribution in [-0.2, 0) is 6.42 Å². The van der Waals surface area contributed by atoms with Gasteiger partial charge in [-0.05, 0) is 67.3 Å². The minimum atomic E-state index is -0.583. The Labute approximate surface area is 229 Å². The minimum Gasteiger partial charge on any atom is -0.490 e. The molecule has 3 heterocycles. The first-order valence-electron chi connectivity index (χ1n) is 13.4. The third kappa shape index (κ3) is 5.10. The molecule has 10 heteroatoms. The summed E-state index contributed by atoms with van der Waals surface area (Å²) in [6.45, 7) is 1.93. The summed E-state index contributed by atoms with van der Waals surface area (Å²) < 4.78 is 20.9. The second-order valence-corrected chi connectivity index (χ2v) is 10.2. The lowest BCUT2D eigenvalue weighted by atomic mass is 9.96. The Balaban J connectivity index is 1.19. The van der Waals surface area contributed by atoms with E-state index in [2.05, 4.69) is 21.3 Å². The second kappa shape index (κ2) is 10.8. The zero-order valence-electron chi connectivity index (χ0n) is 21.8. The number of rotatable bonds is 6.